The first-order valence-electron chi connectivity index (χ1n) is 13.8. The van der Waals surface area contributed by atoms with E-state index >= 15 is 0 Å². The van der Waals surface area contributed by atoms with Crippen molar-refractivity contribution in [2.24, 2.45) is 5.92 Å². The van der Waals surface area contributed by atoms with Gasteiger partial charge in [0.15, 0.2) is 5.75 Å². The van der Waals surface area contributed by atoms with Crippen LogP contribution >= 0.6 is 11.3 Å². The number of rotatable bonds is 9. The largest absolute Gasteiger partial charge is 0.454 e. The molecule has 41 heavy (non-hydrogen) atoms. The van der Waals surface area contributed by atoms with Crippen molar-refractivity contribution in [1.29, 1.82) is 0 Å². The number of nitrogens with one attached hydrogen (secondary N) is 1. The first-order valence-corrected chi connectivity index (χ1v) is 14.7. The van der Waals surface area contributed by atoms with E-state index in [9.17, 15) is 14.7 Å². The lowest BCUT2D eigenvalue weighted by atomic mass is 10.0. The molecule has 1 aliphatic heterocycles. The highest BCUT2D eigenvalue weighted by Crippen LogP contribution is 2.30. The summed E-state index contributed by atoms with van der Waals surface area (Å²) in [6, 6.07) is 15.7. The molecule has 2 aromatic carbocycles. The van der Waals surface area contributed by atoms with Gasteiger partial charge in [-0.2, -0.15) is 5.10 Å². The van der Waals surface area contributed by atoms with Gasteiger partial charge in [0.1, 0.15) is 17.8 Å². The Bertz CT molecular complexity index is 1480. The smallest absolute Gasteiger partial charge is 0.248 e. The van der Waals surface area contributed by atoms with E-state index in [4.69, 9.17) is 4.74 Å². The minimum absolute atomic E-state index is 0.0893. The molecule has 4 aromatic rings. The van der Waals surface area contributed by atoms with E-state index in [-0.39, 0.29) is 36.7 Å². The van der Waals surface area contributed by atoms with E-state index in [1.54, 1.807) is 28.4 Å². The van der Waals surface area contributed by atoms with Gasteiger partial charge in [0.25, 0.3) is 0 Å². The molecule has 2 N–H and O–H groups in total. The summed E-state index contributed by atoms with van der Waals surface area (Å²) in [4.78, 5) is 34.3. The average molecular weight is 574 g/mol. The second-order valence-electron chi connectivity index (χ2n) is 10.8. The number of likely N-dealkylation sites (tertiary alicyclic amines) is 1. The number of hydrogen-bond donors (Lipinski definition) is 2. The van der Waals surface area contributed by atoms with Crippen molar-refractivity contribution in [3.63, 3.8) is 0 Å². The second-order valence-corrected chi connectivity index (χ2v) is 11.6. The van der Waals surface area contributed by atoms with Gasteiger partial charge >= 0.3 is 0 Å². The summed E-state index contributed by atoms with van der Waals surface area (Å²) < 4.78 is 7.46. The molecule has 1 aliphatic rings. The van der Waals surface area contributed by atoms with Crippen LogP contribution in [0.5, 0.6) is 11.5 Å². The fourth-order valence-electron chi connectivity index (χ4n) is 5.22. The van der Waals surface area contributed by atoms with Crippen LogP contribution in [0.15, 0.2) is 72.5 Å². The van der Waals surface area contributed by atoms with Gasteiger partial charge < -0.3 is 20.1 Å². The van der Waals surface area contributed by atoms with Crippen LogP contribution < -0.4 is 10.1 Å². The maximum absolute atomic E-state index is 13.9. The first-order chi connectivity index (χ1) is 19.7. The number of nitrogens with zero attached hydrogens (tertiary/aromatic N) is 4. The van der Waals surface area contributed by atoms with Gasteiger partial charge in [-0.15, -0.1) is 11.3 Å². The minimum atomic E-state index is -0.783. The molecule has 1 fully saturated rings. The van der Waals surface area contributed by atoms with Crippen LogP contribution in [-0.2, 0) is 9.59 Å². The molecule has 10 heteroatoms. The van der Waals surface area contributed by atoms with E-state index in [1.165, 1.54) is 4.90 Å². The number of benzene rings is 2. The van der Waals surface area contributed by atoms with Gasteiger partial charge in [0.2, 0.25) is 11.8 Å². The molecule has 1 unspecified atom stereocenters. The average Bonchev–Trinajstić information content (AvgIpc) is 3.69. The molecule has 0 saturated carbocycles. The second kappa shape index (κ2) is 12.2. The summed E-state index contributed by atoms with van der Waals surface area (Å²) in [5.41, 5.74) is 4.85. The van der Waals surface area contributed by atoms with Crippen LogP contribution in [0.4, 0.5) is 0 Å². The topological polar surface area (TPSA) is 110 Å². The third-order valence-corrected chi connectivity index (χ3v) is 8.35. The number of para-hydroxylation sites is 1. The molecule has 1 saturated heterocycles. The zero-order valence-electron chi connectivity index (χ0n) is 23.6. The van der Waals surface area contributed by atoms with E-state index in [0.29, 0.717) is 11.5 Å². The van der Waals surface area contributed by atoms with E-state index < -0.39 is 18.2 Å². The number of aliphatic hydroxyl groups is 1. The van der Waals surface area contributed by atoms with Crippen LogP contribution in [0.25, 0.3) is 10.4 Å². The molecule has 0 radical (unpaired) electrons. The van der Waals surface area contributed by atoms with Crippen molar-refractivity contribution in [3.8, 4) is 21.9 Å². The van der Waals surface area contributed by atoms with Crippen LogP contribution in [0.2, 0.25) is 0 Å². The number of carbonyl (C=O) groups is 2. The third kappa shape index (κ3) is 6.34. The molecule has 2 amide bonds. The highest BCUT2D eigenvalue weighted by Gasteiger charge is 2.42. The normalized spacial score (nSPS) is 18.3. The number of β-amino-alcohol motifs (C(OH)–C–C–N with tert-alkyl or cyclic N) is 1. The van der Waals surface area contributed by atoms with Crippen molar-refractivity contribution in [2.45, 2.75) is 58.3 Å². The van der Waals surface area contributed by atoms with Crippen molar-refractivity contribution in [2.75, 3.05) is 6.54 Å². The molecule has 0 aliphatic carbocycles. The predicted molar refractivity (Wildman–Crippen MR) is 158 cm³/mol. The van der Waals surface area contributed by atoms with E-state index in [0.717, 1.165) is 21.7 Å². The highest BCUT2D eigenvalue weighted by molar-refractivity contribution is 7.13. The number of hydrogen-bond acceptors (Lipinski definition) is 7. The lowest BCUT2D eigenvalue weighted by Crippen LogP contribution is -2.49. The lowest BCUT2D eigenvalue weighted by Gasteiger charge is -2.30. The Labute approximate surface area is 243 Å². The molecule has 0 bridgehead atoms. The third-order valence-electron chi connectivity index (χ3n) is 7.37. The minimum Gasteiger partial charge on any atom is -0.454 e. The number of amides is 2. The van der Waals surface area contributed by atoms with Crippen LogP contribution in [-0.4, -0.2) is 55.3 Å². The Balaban J connectivity index is 1.28. The number of thiazole rings is 1. The van der Waals surface area contributed by atoms with E-state index in [1.807, 2.05) is 87.8 Å². The Morgan fingerprint density at radius 3 is 2.46 bits per heavy atom. The maximum atomic E-state index is 13.9. The Kier molecular flexibility index (Phi) is 8.51. The Hall–Kier alpha value is -4.02. The number of carbonyl (C=O) groups excluding carboxylic acids is 2. The van der Waals surface area contributed by atoms with Gasteiger partial charge in [-0.05, 0) is 43.0 Å². The standard InChI is InChI=1S/C31H35N5O4S/c1-19(2)28(36-17-26(15-33-36)40-25-8-6-5-7-9-25)31(39)35-16-24(37)14-27(35)30(38)34-20(3)22-10-12-23(13-11-22)29-21(4)32-18-41-29/h5-13,15,17-20,24,27-28,37H,14,16H2,1-4H3,(H,34,38)/t20-,24+,27-,28?/m0/s1. The summed E-state index contributed by atoms with van der Waals surface area (Å²) >= 11 is 1.60. The van der Waals surface area contributed by atoms with Gasteiger partial charge in [0.05, 0.1) is 40.6 Å². The first kappa shape index (κ1) is 28.5. The summed E-state index contributed by atoms with van der Waals surface area (Å²) in [6.07, 6.45) is 2.66. The summed E-state index contributed by atoms with van der Waals surface area (Å²) in [5, 5.41) is 18.0. The molecule has 5 rings (SSSR count). The molecule has 214 valence electrons. The summed E-state index contributed by atoms with van der Waals surface area (Å²) in [6.45, 7) is 7.86. The molecule has 9 nitrogen and oxygen atoms in total. The Morgan fingerprint density at radius 1 is 1.07 bits per heavy atom. The number of ether oxygens (including phenoxy) is 1. The van der Waals surface area contributed by atoms with Crippen LogP contribution in [0.1, 0.15) is 50.5 Å². The maximum Gasteiger partial charge on any atom is 0.248 e. The number of aromatic nitrogens is 3. The zero-order valence-corrected chi connectivity index (χ0v) is 24.4. The predicted octanol–water partition coefficient (Wildman–Crippen LogP) is 5.14. The quantitative estimate of drug-likeness (QED) is 0.287. The zero-order chi connectivity index (χ0) is 29.1. The van der Waals surface area contributed by atoms with Gasteiger partial charge in [0, 0.05) is 13.0 Å². The van der Waals surface area contributed by atoms with Crippen molar-refractivity contribution in [3.05, 3.63) is 83.8 Å². The van der Waals surface area contributed by atoms with Crippen LogP contribution in [0, 0.1) is 12.8 Å². The van der Waals surface area contributed by atoms with Crippen molar-refractivity contribution in [1.82, 2.24) is 25.0 Å². The lowest BCUT2D eigenvalue weighted by molar-refractivity contribution is -0.142. The van der Waals surface area contributed by atoms with E-state index in [2.05, 4.69) is 15.4 Å². The molecule has 2 aromatic heterocycles. The molecule has 0 spiro atoms. The van der Waals surface area contributed by atoms with Gasteiger partial charge in [-0.3, -0.25) is 14.3 Å². The monoisotopic (exact) mass is 573 g/mol. The molecule has 3 heterocycles. The number of aryl methyl sites for hydroxylation is 1. The Morgan fingerprint density at radius 2 is 1.80 bits per heavy atom. The van der Waals surface area contributed by atoms with Gasteiger partial charge in [-0.1, -0.05) is 56.3 Å². The van der Waals surface area contributed by atoms with Crippen molar-refractivity contribution < 1.29 is 19.4 Å². The number of aliphatic hydroxyl groups excluding tert-OH is 1. The molecule has 4 atom stereocenters. The molecular weight excluding hydrogens is 538 g/mol. The summed E-state index contributed by atoms with van der Waals surface area (Å²) in [7, 11) is 0. The van der Waals surface area contributed by atoms with Crippen LogP contribution in [0.3, 0.4) is 0 Å². The van der Waals surface area contributed by atoms with Gasteiger partial charge in [-0.25, -0.2) is 4.98 Å². The van der Waals surface area contributed by atoms with Crippen molar-refractivity contribution >= 4 is 23.2 Å². The fourth-order valence-corrected chi connectivity index (χ4v) is 6.04. The SMILES string of the molecule is Cc1ncsc1-c1ccc([C@H](C)NC(=O)[C@@H]2C[C@@H](O)CN2C(=O)C(C(C)C)n2cc(Oc3ccccc3)cn2)cc1. The summed E-state index contributed by atoms with van der Waals surface area (Å²) in [5.74, 6) is 0.508. The highest BCUT2D eigenvalue weighted by atomic mass is 32.1. The molecular formula is C31H35N5O4S. The fraction of sp³-hybridized carbons (Fsp3) is 0.355.